The van der Waals surface area contributed by atoms with Crippen LogP contribution in [0.15, 0.2) is 6.07 Å². The van der Waals surface area contributed by atoms with Crippen molar-refractivity contribution in [2.75, 3.05) is 6.54 Å². The number of carboxylic acids is 1. The molecule has 0 radical (unpaired) electrons. The molecule has 0 aliphatic heterocycles. The summed E-state index contributed by atoms with van der Waals surface area (Å²) >= 11 is 1.29. The summed E-state index contributed by atoms with van der Waals surface area (Å²) in [5.41, 5.74) is 0.991. The quantitative estimate of drug-likeness (QED) is 0.710. The van der Waals surface area contributed by atoms with Crippen molar-refractivity contribution in [3.63, 3.8) is 0 Å². The first-order valence-corrected chi connectivity index (χ1v) is 6.07. The van der Waals surface area contributed by atoms with Crippen LogP contribution in [-0.2, 0) is 6.54 Å². The summed E-state index contributed by atoms with van der Waals surface area (Å²) in [7, 11) is 0. The molecule has 0 aliphatic rings. The Labute approximate surface area is 98.9 Å². The van der Waals surface area contributed by atoms with E-state index in [4.69, 9.17) is 5.11 Å². The molecule has 0 aliphatic carbocycles. The molecule has 0 fully saturated rings. The minimum atomic E-state index is -0.882. The molecule has 1 aromatic heterocycles. The Morgan fingerprint density at radius 2 is 2.31 bits per heavy atom. The second-order valence-electron chi connectivity index (χ2n) is 3.69. The highest BCUT2D eigenvalue weighted by atomic mass is 32.1. The smallest absolute Gasteiger partial charge is 0.345 e. The summed E-state index contributed by atoms with van der Waals surface area (Å²) in [6, 6.07) is 1.69. The lowest BCUT2D eigenvalue weighted by Crippen LogP contribution is -2.25. The standard InChI is InChI=1S/C11H17NO3S/c1-3-9(13)6-12-5-8-4-10(11(14)15)16-7(8)2/h4,9,12-13H,3,5-6H2,1-2H3,(H,14,15). The van der Waals surface area contributed by atoms with Gasteiger partial charge in [0.2, 0.25) is 0 Å². The molecule has 1 aromatic rings. The third kappa shape index (κ3) is 3.59. The predicted octanol–water partition coefficient (Wildman–Crippen LogP) is 1.62. The Morgan fingerprint density at radius 3 is 2.81 bits per heavy atom. The Balaban J connectivity index is 2.51. The number of aliphatic hydroxyl groups is 1. The van der Waals surface area contributed by atoms with Crippen molar-refractivity contribution in [2.24, 2.45) is 0 Å². The number of nitrogens with one attached hydrogen (secondary N) is 1. The molecule has 0 aromatic carbocycles. The van der Waals surface area contributed by atoms with Crippen LogP contribution in [0.3, 0.4) is 0 Å². The molecule has 1 rings (SSSR count). The molecule has 0 saturated carbocycles. The van der Waals surface area contributed by atoms with Gasteiger partial charge >= 0.3 is 5.97 Å². The fourth-order valence-corrected chi connectivity index (χ4v) is 2.20. The van der Waals surface area contributed by atoms with Crippen LogP contribution in [0.25, 0.3) is 0 Å². The molecule has 1 atom stereocenters. The monoisotopic (exact) mass is 243 g/mol. The second-order valence-corrected chi connectivity index (χ2v) is 4.95. The maximum Gasteiger partial charge on any atom is 0.345 e. The molecule has 1 heterocycles. The van der Waals surface area contributed by atoms with E-state index in [2.05, 4.69) is 5.32 Å². The molecule has 1 unspecified atom stereocenters. The normalized spacial score (nSPS) is 12.7. The Kier molecular flexibility index (Phi) is 4.92. The average Bonchev–Trinajstić information content (AvgIpc) is 2.60. The first kappa shape index (κ1) is 13.2. The highest BCUT2D eigenvalue weighted by Gasteiger charge is 2.10. The summed E-state index contributed by atoms with van der Waals surface area (Å²) in [5, 5.41) is 21.3. The van der Waals surface area contributed by atoms with Crippen LogP contribution in [0.5, 0.6) is 0 Å². The van der Waals surface area contributed by atoms with Crippen LogP contribution in [0.1, 0.15) is 33.5 Å². The lowest BCUT2D eigenvalue weighted by Gasteiger charge is -2.08. The fourth-order valence-electron chi connectivity index (χ4n) is 1.32. The number of rotatable bonds is 6. The van der Waals surface area contributed by atoms with Gasteiger partial charge in [-0.2, -0.15) is 0 Å². The largest absolute Gasteiger partial charge is 0.477 e. The van der Waals surface area contributed by atoms with Crippen molar-refractivity contribution < 1.29 is 15.0 Å². The molecule has 90 valence electrons. The summed E-state index contributed by atoms with van der Waals surface area (Å²) in [5.74, 6) is -0.882. The van der Waals surface area contributed by atoms with Gasteiger partial charge in [-0.1, -0.05) is 6.92 Å². The third-order valence-corrected chi connectivity index (χ3v) is 3.48. The van der Waals surface area contributed by atoms with Crippen LogP contribution >= 0.6 is 11.3 Å². The number of aliphatic hydroxyl groups excluding tert-OH is 1. The van der Waals surface area contributed by atoms with E-state index in [1.54, 1.807) is 6.07 Å². The van der Waals surface area contributed by atoms with Gasteiger partial charge in [-0.25, -0.2) is 4.79 Å². The molecule has 3 N–H and O–H groups in total. The van der Waals surface area contributed by atoms with Crippen molar-refractivity contribution >= 4 is 17.3 Å². The lowest BCUT2D eigenvalue weighted by molar-refractivity contribution is 0.0702. The van der Waals surface area contributed by atoms with Crippen LogP contribution in [0, 0.1) is 6.92 Å². The molecular weight excluding hydrogens is 226 g/mol. The van der Waals surface area contributed by atoms with Crippen LogP contribution in [0.4, 0.5) is 0 Å². The van der Waals surface area contributed by atoms with E-state index in [9.17, 15) is 9.90 Å². The topological polar surface area (TPSA) is 69.6 Å². The zero-order valence-electron chi connectivity index (χ0n) is 9.49. The molecule has 4 nitrogen and oxygen atoms in total. The number of aryl methyl sites for hydroxylation is 1. The van der Waals surface area contributed by atoms with E-state index < -0.39 is 5.97 Å². The molecule has 0 saturated heterocycles. The van der Waals surface area contributed by atoms with Crippen LogP contribution in [0.2, 0.25) is 0 Å². The molecule has 16 heavy (non-hydrogen) atoms. The molecule has 0 bridgehead atoms. The second kappa shape index (κ2) is 5.98. The van der Waals surface area contributed by atoms with E-state index in [0.717, 1.165) is 16.9 Å². The molecule has 5 heteroatoms. The highest BCUT2D eigenvalue weighted by molar-refractivity contribution is 7.14. The van der Waals surface area contributed by atoms with Gasteiger partial charge in [0.05, 0.1) is 6.10 Å². The number of aromatic carboxylic acids is 1. The summed E-state index contributed by atoms with van der Waals surface area (Å²) < 4.78 is 0. The molecular formula is C11H17NO3S. The maximum atomic E-state index is 10.7. The zero-order chi connectivity index (χ0) is 12.1. The van der Waals surface area contributed by atoms with Gasteiger partial charge in [0, 0.05) is 18.0 Å². The Morgan fingerprint density at radius 1 is 1.62 bits per heavy atom. The van der Waals surface area contributed by atoms with Crippen molar-refractivity contribution in [1.82, 2.24) is 5.32 Å². The van der Waals surface area contributed by atoms with E-state index in [-0.39, 0.29) is 6.10 Å². The van der Waals surface area contributed by atoms with Gasteiger partial charge in [0.15, 0.2) is 0 Å². The number of hydrogen-bond acceptors (Lipinski definition) is 4. The number of thiophene rings is 1. The zero-order valence-corrected chi connectivity index (χ0v) is 10.3. The van der Waals surface area contributed by atoms with E-state index in [1.165, 1.54) is 11.3 Å². The Hall–Kier alpha value is -0.910. The van der Waals surface area contributed by atoms with Crippen LogP contribution < -0.4 is 5.32 Å². The number of carboxylic acid groups (broad SMARTS) is 1. The van der Waals surface area contributed by atoms with E-state index in [1.807, 2.05) is 13.8 Å². The molecule has 0 amide bonds. The van der Waals surface area contributed by atoms with Gasteiger partial charge in [0.25, 0.3) is 0 Å². The Bertz CT molecular complexity index is 362. The minimum Gasteiger partial charge on any atom is -0.477 e. The highest BCUT2D eigenvalue weighted by Crippen LogP contribution is 2.21. The van der Waals surface area contributed by atoms with Crippen LogP contribution in [-0.4, -0.2) is 28.8 Å². The van der Waals surface area contributed by atoms with Crippen molar-refractivity contribution in [3.8, 4) is 0 Å². The number of carbonyl (C=O) groups is 1. The van der Waals surface area contributed by atoms with Gasteiger partial charge in [-0.05, 0) is 25.0 Å². The van der Waals surface area contributed by atoms with Crippen molar-refractivity contribution in [1.29, 1.82) is 0 Å². The molecule has 0 spiro atoms. The number of hydrogen-bond donors (Lipinski definition) is 3. The lowest BCUT2D eigenvalue weighted by atomic mass is 10.2. The average molecular weight is 243 g/mol. The first-order chi connectivity index (χ1) is 7.54. The third-order valence-electron chi connectivity index (χ3n) is 2.40. The SMILES string of the molecule is CCC(O)CNCc1cc(C(=O)O)sc1C. The van der Waals surface area contributed by atoms with Gasteiger partial charge in [0.1, 0.15) is 4.88 Å². The fraction of sp³-hybridized carbons (Fsp3) is 0.545. The summed E-state index contributed by atoms with van der Waals surface area (Å²) in [4.78, 5) is 12.1. The van der Waals surface area contributed by atoms with E-state index in [0.29, 0.717) is 18.0 Å². The summed E-state index contributed by atoms with van der Waals surface area (Å²) in [6.07, 6.45) is 0.383. The van der Waals surface area contributed by atoms with Crippen molar-refractivity contribution in [3.05, 3.63) is 21.4 Å². The maximum absolute atomic E-state index is 10.7. The van der Waals surface area contributed by atoms with Gasteiger partial charge in [-0.15, -0.1) is 11.3 Å². The first-order valence-electron chi connectivity index (χ1n) is 5.26. The van der Waals surface area contributed by atoms with E-state index >= 15 is 0 Å². The van der Waals surface area contributed by atoms with Gasteiger partial charge in [-0.3, -0.25) is 0 Å². The van der Waals surface area contributed by atoms with Gasteiger partial charge < -0.3 is 15.5 Å². The minimum absolute atomic E-state index is 0.335. The predicted molar refractivity (Wildman–Crippen MR) is 64.0 cm³/mol. The van der Waals surface area contributed by atoms with Crippen molar-refractivity contribution in [2.45, 2.75) is 32.9 Å². The summed E-state index contributed by atoms with van der Waals surface area (Å²) in [6.45, 7) is 4.97.